The third-order valence-corrected chi connectivity index (χ3v) is 5.82. The van der Waals surface area contributed by atoms with Crippen LogP contribution >= 0.6 is 0 Å². The zero-order valence-electron chi connectivity index (χ0n) is 14.2. The normalized spacial score (nSPS) is 22.3. The number of carbonyl (C=O) groups excluding carboxylic acids is 1. The van der Waals surface area contributed by atoms with Gasteiger partial charge in [-0.3, -0.25) is 8.98 Å². The van der Waals surface area contributed by atoms with Gasteiger partial charge in [-0.25, -0.2) is 0 Å². The third kappa shape index (κ3) is 3.89. The molecule has 7 nitrogen and oxygen atoms in total. The van der Waals surface area contributed by atoms with Gasteiger partial charge in [0.15, 0.2) is 0 Å². The van der Waals surface area contributed by atoms with Crippen LogP contribution < -0.4 is 0 Å². The van der Waals surface area contributed by atoms with Gasteiger partial charge in [0, 0.05) is 38.3 Å². The average molecular weight is 395 g/mol. The number of halogens is 3. The quantitative estimate of drug-likeness (QED) is 0.613. The third-order valence-electron chi connectivity index (χ3n) is 4.72. The zero-order chi connectivity index (χ0) is 19.1. The summed E-state index contributed by atoms with van der Waals surface area (Å²) in [4.78, 5) is 19.4. The highest BCUT2D eigenvalue weighted by molar-refractivity contribution is 7.87. The van der Waals surface area contributed by atoms with Gasteiger partial charge in [0.1, 0.15) is 5.69 Å². The largest absolute Gasteiger partial charge is 0.523 e. The molecule has 1 N–H and O–H groups in total. The molecule has 1 aromatic rings. The Kier molecular flexibility index (Phi) is 5.06. The van der Waals surface area contributed by atoms with Crippen LogP contribution in [0.3, 0.4) is 0 Å². The molecule has 11 heteroatoms. The van der Waals surface area contributed by atoms with Crippen molar-refractivity contribution in [3.63, 3.8) is 0 Å². The summed E-state index contributed by atoms with van der Waals surface area (Å²) < 4.78 is 64.0. The van der Waals surface area contributed by atoms with Gasteiger partial charge >= 0.3 is 15.6 Å². The predicted molar refractivity (Wildman–Crippen MR) is 86.1 cm³/mol. The first-order chi connectivity index (χ1) is 12.1. The predicted octanol–water partition coefficient (Wildman–Crippen LogP) is 1.13. The topological polar surface area (TPSA) is 82.7 Å². The van der Waals surface area contributed by atoms with E-state index in [4.69, 9.17) is 0 Å². The molecular weight excluding hydrogens is 375 g/mol. The molecule has 1 amide bonds. The fourth-order valence-corrected chi connectivity index (χ4v) is 3.84. The number of hydrogen-bond acceptors (Lipinski definition) is 5. The lowest BCUT2D eigenvalue weighted by Gasteiger charge is -2.32. The molecule has 26 heavy (non-hydrogen) atoms. The Hall–Kier alpha value is -1.59. The van der Waals surface area contributed by atoms with E-state index >= 15 is 0 Å². The van der Waals surface area contributed by atoms with Crippen LogP contribution in [0.5, 0.6) is 0 Å². The number of alkyl halides is 3. The van der Waals surface area contributed by atoms with Crippen molar-refractivity contribution in [2.45, 2.75) is 30.9 Å². The summed E-state index contributed by atoms with van der Waals surface area (Å²) in [6.45, 7) is 2.76. The number of nitrogens with one attached hydrogen (secondary N) is 1. The monoisotopic (exact) mass is 395 g/mol. The van der Waals surface area contributed by atoms with Crippen LogP contribution in [0.4, 0.5) is 13.2 Å². The molecule has 1 atom stereocenters. The van der Waals surface area contributed by atoms with Crippen LogP contribution in [-0.4, -0.2) is 73.9 Å². The number of aryl methyl sites for hydroxylation is 1. The minimum Gasteiger partial charge on any atom is -0.354 e. The molecule has 3 rings (SSSR count). The summed E-state index contributed by atoms with van der Waals surface area (Å²) in [5, 5.41) is 0. The Labute approximate surface area is 149 Å². The second kappa shape index (κ2) is 6.86. The van der Waals surface area contributed by atoms with Crippen molar-refractivity contribution in [1.29, 1.82) is 0 Å². The molecule has 0 radical (unpaired) electrons. The molecule has 1 aliphatic carbocycles. The molecule has 1 fully saturated rings. The highest BCUT2D eigenvalue weighted by Gasteiger charge is 2.48. The van der Waals surface area contributed by atoms with Crippen molar-refractivity contribution in [2.24, 2.45) is 0 Å². The van der Waals surface area contributed by atoms with Gasteiger partial charge in [-0.05, 0) is 31.5 Å². The summed E-state index contributed by atoms with van der Waals surface area (Å²) in [5.41, 5.74) is -3.70. The molecule has 0 saturated carbocycles. The molecule has 1 unspecified atom stereocenters. The number of fused-ring (bicyclic) bond motifs is 1. The Morgan fingerprint density at radius 3 is 2.54 bits per heavy atom. The SMILES string of the molecule is CN1CCN(C(=O)c2cc3c([nH]2)CCC(OS(=O)(=O)C(F)(F)F)C3)CC1. The Morgan fingerprint density at radius 2 is 1.92 bits per heavy atom. The van der Waals surface area contributed by atoms with Crippen molar-refractivity contribution >= 4 is 16.0 Å². The van der Waals surface area contributed by atoms with Crippen LogP contribution in [0.2, 0.25) is 0 Å². The van der Waals surface area contributed by atoms with Crippen molar-refractivity contribution in [3.05, 3.63) is 23.0 Å². The number of rotatable bonds is 3. The van der Waals surface area contributed by atoms with Gasteiger partial charge in [0.25, 0.3) is 5.91 Å². The zero-order valence-corrected chi connectivity index (χ0v) is 15.0. The van der Waals surface area contributed by atoms with E-state index in [1.54, 1.807) is 11.0 Å². The first-order valence-corrected chi connectivity index (χ1v) is 9.66. The highest BCUT2D eigenvalue weighted by Crippen LogP contribution is 2.30. The maximum absolute atomic E-state index is 12.6. The summed E-state index contributed by atoms with van der Waals surface area (Å²) in [6, 6.07) is 1.59. The molecular formula is C15H20F3N3O4S. The second-order valence-corrected chi connectivity index (χ2v) is 8.21. The van der Waals surface area contributed by atoms with Gasteiger partial charge in [0.2, 0.25) is 0 Å². The molecule has 146 valence electrons. The lowest BCUT2D eigenvalue weighted by atomic mass is 9.95. The molecule has 2 heterocycles. The number of piperazine rings is 1. The molecule has 2 aliphatic rings. The minimum atomic E-state index is -5.62. The highest BCUT2D eigenvalue weighted by atomic mass is 32.2. The summed E-state index contributed by atoms with van der Waals surface area (Å²) in [5.74, 6) is -0.159. The lowest BCUT2D eigenvalue weighted by molar-refractivity contribution is -0.0577. The van der Waals surface area contributed by atoms with Crippen molar-refractivity contribution in [3.8, 4) is 0 Å². The van der Waals surface area contributed by atoms with Crippen molar-refractivity contribution in [2.75, 3.05) is 33.2 Å². The van der Waals surface area contributed by atoms with E-state index in [-0.39, 0.29) is 18.7 Å². The van der Waals surface area contributed by atoms with Crippen LogP contribution in [0.25, 0.3) is 0 Å². The van der Waals surface area contributed by atoms with Gasteiger partial charge in [0.05, 0.1) is 6.10 Å². The number of H-pyrrole nitrogens is 1. The number of aromatic nitrogens is 1. The van der Waals surface area contributed by atoms with E-state index in [0.29, 0.717) is 30.8 Å². The number of nitrogens with zero attached hydrogens (tertiary/aromatic N) is 2. The summed E-state index contributed by atoms with van der Waals surface area (Å²) in [6.07, 6.45) is -0.623. The first-order valence-electron chi connectivity index (χ1n) is 8.25. The molecule has 0 spiro atoms. The van der Waals surface area contributed by atoms with Gasteiger partial charge < -0.3 is 14.8 Å². The Morgan fingerprint density at radius 1 is 1.27 bits per heavy atom. The summed E-state index contributed by atoms with van der Waals surface area (Å²) in [7, 11) is -3.65. The molecule has 1 aromatic heterocycles. The number of hydrogen-bond donors (Lipinski definition) is 1. The number of amides is 1. The fraction of sp³-hybridized carbons (Fsp3) is 0.667. The number of aromatic amines is 1. The van der Waals surface area contributed by atoms with E-state index in [9.17, 15) is 26.4 Å². The minimum absolute atomic E-state index is 0.0111. The van der Waals surface area contributed by atoms with E-state index in [2.05, 4.69) is 14.1 Å². The van der Waals surface area contributed by atoms with E-state index in [1.807, 2.05) is 7.05 Å². The number of carbonyl (C=O) groups is 1. The van der Waals surface area contributed by atoms with Crippen LogP contribution in [0.15, 0.2) is 6.07 Å². The standard InChI is InChI=1S/C15H20F3N3O4S/c1-20-4-6-21(7-5-20)14(22)13-9-10-8-11(2-3-12(10)19-13)25-26(23,24)15(16,17)18/h9,11,19H,2-8H2,1H3. The van der Waals surface area contributed by atoms with Gasteiger partial charge in [-0.1, -0.05) is 0 Å². The maximum Gasteiger partial charge on any atom is 0.523 e. The molecule has 1 saturated heterocycles. The lowest BCUT2D eigenvalue weighted by Crippen LogP contribution is -2.47. The van der Waals surface area contributed by atoms with Gasteiger partial charge in [-0.15, -0.1) is 0 Å². The molecule has 1 aliphatic heterocycles. The molecule has 0 bridgehead atoms. The number of likely N-dealkylation sites (N-methyl/N-ethyl adjacent to an activating group) is 1. The van der Waals surface area contributed by atoms with Crippen molar-refractivity contribution < 1.29 is 30.6 Å². The Balaban J connectivity index is 1.68. The van der Waals surface area contributed by atoms with Crippen LogP contribution in [-0.2, 0) is 27.1 Å². The van der Waals surface area contributed by atoms with E-state index < -0.39 is 21.7 Å². The van der Waals surface area contributed by atoms with Crippen molar-refractivity contribution in [1.82, 2.24) is 14.8 Å². The second-order valence-electron chi connectivity index (χ2n) is 6.64. The average Bonchev–Trinajstić information content (AvgIpc) is 2.96. The van der Waals surface area contributed by atoms with Crippen LogP contribution in [0, 0.1) is 0 Å². The fourth-order valence-electron chi connectivity index (χ4n) is 3.21. The Bertz CT molecular complexity index is 783. The van der Waals surface area contributed by atoms with E-state index in [1.165, 1.54) is 0 Å². The van der Waals surface area contributed by atoms with E-state index in [0.717, 1.165) is 18.8 Å². The summed E-state index contributed by atoms with van der Waals surface area (Å²) >= 11 is 0. The smallest absolute Gasteiger partial charge is 0.354 e. The van der Waals surface area contributed by atoms with Crippen LogP contribution in [0.1, 0.15) is 28.2 Å². The maximum atomic E-state index is 12.6. The van der Waals surface area contributed by atoms with Gasteiger partial charge in [-0.2, -0.15) is 21.6 Å². The first kappa shape index (κ1) is 19.2. The molecule has 0 aromatic carbocycles.